The zero-order valence-corrected chi connectivity index (χ0v) is 11.7. The van der Waals surface area contributed by atoms with Crippen LogP contribution < -0.4 is 5.32 Å². The minimum absolute atomic E-state index is 0.0801. The zero-order valence-electron chi connectivity index (χ0n) is 10.2. The first kappa shape index (κ1) is 14.6. The fourth-order valence-electron chi connectivity index (χ4n) is 2.14. The number of halogens is 2. The predicted octanol–water partition coefficient (Wildman–Crippen LogP) is 2.89. The van der Waals surface area contributed by atoms with Gasteiger partial charge in [0, 0.05) is 23.2 Å². The maximum Gasteiger partial charge on any atom is 0.325 e. The highest BCUT2D eigenvalue weighted by molar-refractivity contribution is 6.34. The van der Waals surface area contributed by atoms with Crippen molar-refractivity contribution in [1.29, 1.82) is 0 Å². The topological polar surface area (TPSA) is 58.6 Å². The summed E-state index contributed by atoms with van der Waals surface area (Å²) >= 11 is 11.8. The van der Waals surface area contributed by atoms with Crippen LogP contribution in [-0.4, -0.2) is 30.3 Å². The molecule has 1 heterocycles. The molecule has 1 saturated heterocycles. The summed E-state index contributed by atoms with van der Waals surface area (Å²) in [7, 11) is 0. The second-order valence-corrected chi connectivity index (χ2v) is 5.39. The van der Waals surface area contributed by atoms with Gasteiger partial charge in [-0.2, -0.15) is 0 Å². The average Bonchev–Trinajstić information content (AvgIpc) is 2.80. The second kappa shape index (κ2) is 6.57. The lowest BCUT2D eigenvalue weighted by atomic mass is 10.1. The number of carbonyl (C=O) groups is 1. The Labute approximate surface area is 121 Å². The molecule has 1 aliphatic rings. The largest absolute Gasteiger partial charge is 0.480 e. The van der Waals surface area contributed by atoms with E-state index in [1.807, 2.05) is 0 Å². The van der Waals surface area contributed by atoms with E-state index in [-0.39, 0.29) is 6.10 Å². The molecule has 0 bridgehead atoms. The summed E-state index contributed by atoms with van der Waals surface area (Å²) in [6.07, 6.45) is 2.06. The number of rotatable bonds is 5. The normalized spacial score (nSPS) is 20.4. The molecule has 0 aliphatic carbocycles. The van der Waals surface area contributed by atoms with Crippen LogP contribution >= 0.6 is 23.2 Å². The van der Waals surface area contributed by atoms with E-state index in [2.05, 4.69) is 5.32 Å². The third-order valence-electron chi connectivity index (χ3n) is 3.04. The maximum atomic E-state index is 11.3. The average molecular weight is 304 g/mol. The van der Waals surface area contributed by atoms with Crippen molar-refractivity contribution in [1.82, 2.24) is 5.32 Å². The standard InChI is InChI=1S/C13H15Cl2NO3/c14-9-4-8(5-10(15)6-9)12(13(17)18)16-7-11-2-1-3-19-11/h4-6,11-12,16H,1-3,7H2,(H,17,18). The predicted molar refractivity (Wildman–Crippen MR) is 73.8 cm³/mol. The molecule has 2 rings (SSSR count). The van der Waals surface area contributed by atoms with E-state index < -0.39 is 12.0 Å². The first-order chi connectivity index (χ1) is 9.06. The van der Waals surface area contributed by atoms with Gasteiger partial charge in [-0.25, -0.2) is 0 Å². The molecular weight excluding hydrogens is 289 g/mol. The van der Waals surface area contributed by atoms with E-state index in [0.717, 1.165) is 19.4 Å². The SMILES string of the molecule is O=C(O)C(NCC1CCCO1)c1cc(Cl)cc(Cl)c1. The fourth-order valence-corrected chi connectivity index (χ4v) is 2.69. The van der Waals surface area contributed by atoms with E-state index in [9.17, 15) is 9.90 Å². The van der Waals surface area contributed by atoms with Crippen LogP contribution in [0.2, 0.25) is 10.0 Å². The molecule has 6 heteroatoms. The van der Waals surface area contributed by atoms with Crippen LogP contribution in [0.5, 0.6) is 0 Å². The van der Waals surface area contributed by atoms with E-state index in [1.54, 1.807) is 18.2 Å². The fraction of sp³-hybridized carbons (Fsp3) is 0.462. The zero-order chi connectivity index (χ0) is 13.8. The number of hydrogen-bond acceptors (Lipinski definition) is 3. The van der Waals surface area contributed by atoms with Gasteiger partial charge in [0.2, 0.25) is 0 Å². The van der Waals surface area contributed by atoms with Gasteiger partial charge in [-0.1, -0.05) is 23.2 Å². The molecule has 0 aromatic heterocycles. The van der Waals surface area contributed by atoms with E-state index in [1.165, 1.54) is 0 Å². The van der Waals surface area contributed by atoms with Gasteiger partial charge in [-0.15, -0.1) is 0 Å². The number of ether oxygens (including phenoxy) is 1. The highest BCUT2D eigenvalue weighted by Gasteiger charge is 2.23. The Morgan fingerprint density at radius 1 is 1.42 bits per heavy atom. The summed E-state index contributed by atoms with van der Waals surface area (Å²) in [5.74, 6) is -0.962. The molecule has 2 atom stereocenters. The van der Waals surface area contributed by atoms with Crippen LogP contribution in [0.15, 0.2) is 18.2 Å². The maximum absolute atomic E-state index is 11.3. The molecule has 0 spiro atoms. The van der Waals surface area contributed by atoms with E-state index >= 15 is 0 Å². The van der Waals surface area contributed by atoms with Gasteiger partial charge >= 0.3 is 5.97 Å². The molecule has 0 amide bonds. The Bertz CT molecular complexity index is 441. The molecule has 0 saturated carbocycles. The van der Waals surface area contributed by atoms with Gasteiger partial charge in [0.1, 0.15) is 6.04 Å². The number of benzene rings is 1. The molecule has 1 aromatic rings. The van der Waals surface area contributed by atoms with Crippen molar-refractivity contribution >= 4 is 29.2 Å². The second-order valence-electron chi connectivity index (χ2n) is 4.52. The van der Waals surface area contributed by atoms with Crippen molar-refractivity contribution in [3.05, 3.63) is 33.8 Å². The van der Waals surface area contributed by atoms with Gasteiger partial charge < -0.3 is 9.84 Å². The summed E-state index contributed by atoms with van der Waals surface area (Å²) in [6, 6.07) is 3.95. The molecule has 4 nitrogen and oxygen atoms in total. The van der Waals surface area contributed by atoms with Crippen molar-refractivity contribution < 1.29 is 14.6 Å². The van der Waals surface area contributed by atoms with Gasteiger partial charge in [-0.05, 0) is 36.6 Å². The number of carboxylic acid groups (broad SMARTS) is 1. The molecular formula is C13H15Cl2NO3. The van der Waals surface area contributed by atoms with Crippen LogP contribution in [0.25, 0.3) is 0 Å². The van der Waals surface area contributed by atoms with Crippen LogP contribution in [0.1, 0.15) is 24.4 Å². The summed E-state index contributed by atoms with van der Waals surface area (Å²) in [6.45, 7) is 1.24. The first-order valence-electron chi connectivity index (χ1n) is 6.10. The van der Waals surface area contributed by atoms with Gasteiger partial charge in [0.05, 0.1) is 6.10 Å². The number of carboxylic acids is 1. The number of hydrogen-bond donors (Lipinski definition) is 2. The Balaban J connectivity index is 2.07. The molecule has 1 aliphatic heterocycles. The minimum Gasteiger partial charge on any atom is -0.480 e. The van der Waals surface area contributed by atoms with Gasteiger partial charge in [-0.3, -0.25) is 10.1 Å². The van der Waals surface area contributed by atoms with E-state index in [4.69, 9.17) is 27.9 Å². The van der Waals surface area contributed by atoms with E-state index in [0.29, 0.717) is 22.2 Å². The van der Waals surface area contributed by atoms with Crippen molar-refractivity contribution in [3.8, 4) is 0 Å². The Hall–Kier alpha value is -0.810. The summed E-state index contributed by atoms with van der Waals surface area (Å²) in [4.78, 5) is 11.3. The van der Waals surface area contributed by atoms with Gasteiger partial charge in [0.25, 0.3) is 0 Å². The summed E-state index contributed by atoms with van der Waals surface area (Å²) < 4.78 is 5.46. The Kier molecular flexibility index (Phi) is 5.05. The van der Waals surface area contributed by atoms with Crippen LogP contribution in [0, 0.1) is 0 Å². The summed E-state index contributed by atoms with van der Waals surface area (Å²) in [5.41, 5.74) is 0.544. The monoisotopic (exact) mass is 303 g/mol. The molecule has 2 unspecified atom stereocenters. The van der Waals surface area contributed by atoms with Crippen molar-refractivity contribution in [2.75, 3.05) is 13.2 Å². The third-order valence-corrected chi connectivity index (χ3v) is 3.48. The Morgan fingerprint density at radius 2 is 2.11 bits per heavy atom. The molecule has 0 radical (unpaired) electrons. The lowest BCUT2D eigenvalue weighted by molar-refractivity contribution is -0.139. The minimum atomic E-state index is -0.962. The summed E-state index contributed by atoms with van der Waals surface area (Å²) in [5, 5.41) is 13.1. The molecule has 19 heavy (non-hydrogen) atoms. The Morgan fingerprint density at radius 3 is 2.63 bits per heavy atom. The molecule has 104 valence electrons. The van der Waals surface area contributed by atoms with Crippen LogP contribution in [-0.2, 0) is 9.53 Å². The van der Waals surface area contributed by atoms with Crippen molar-refractivity contribution in [3.63, 3.8) is 0 Å². The number of nitrogens with one attached hydrogen (secondary N) is 1. The lowest BCUT2D eigenvalue weighted by Crippen LogP contribution is -2.34. The quantitative estimate of drug-likeness (QED) is 0.878. The third kappa shape index (κ3) is 4.08. The highest BCUT2D eigenvalue weighted by Crippen LogP contribution is 2.24. The first-order valence-corrected chi connectivity index (χ1v) is 6.85. The highest BCUT2D eigenvalue weighted by atomic mass is 35.5. The van der Waals surface area contributed by atoms with Gasteiger partial charge in [0.15, 0.2) is 0 Å². The molecule has 1 aromatic carbocycles. The lowest BCUT2D eigenvalue weighted by Gasteiger charge is -2.18. The number of aliphatic carboxylic acids is 1. The van der Waals surface area contributed by atoms with Crippen LogP contribution in [0.4, 0.5) is 0 Å². The smallest absolute Gasteiger partial charge is 0.325 e. The van der Waals surface area contributed by atoms with Crippen LogP contribution in [0.3, 0.4) is 0 Å². The molecule has 1 fully saturated rings. The molecule has 2 N–H and O–H groups in total. The van der Waals surface area contributed by atoms with Crippen molar-refractivity contribution in [2.45, 2.75) is 25.0 Å². The van der Waals surface area contributed by atoms with Crippen molar-refractivity contribution in [2.24, 2.45) is 0 Å².